The largest absolute Gasteiger partial charge is 0.551 e. The average Bonchev–Trinajstić information content (AvgIpc) is 2.11. The number of halogens is 1. The van der Waals surface area contributed by atoms with Gasteiger partial charge < -0.3 is 14.5 Å². The topological polar surface area (TPSA) is 110 Å². The van der Waals surface area contributed by atoms with Crippen molar-refractivity contribution in [2.45, 2.75) is 0 Å². The van der Waals surface area contributed by atoms with Crippen LogP contribution in [-0.2, 0) is 0 Å². The van der Waals surface area contributed by atoms with Crippen LogP contribution in [-0.4, -0.2) is 14.5 Å². The Labute approximate surface area is 76.8 Å². The molecular formula is C6H10BrNO4. The molecule has 0 unspecified atom stereocenters. The molecule has 0 aliphatic rings. The highest BCUT2D eigenvalue weighted by atomic mass is 79.9. The van der Waals surface area contributed by atoms with Gasteiger partial charge in [0.1, 0.15) is 5.75 Å². The lowest BCUT2D eigenvalue weighted by molar-refractivity contribution is -1.27. The quantitative estimate of drug-likeness (QED) is 0.434. The smallest absolute Gasteiger partial charge is 0.417 e. The van der Waals surface area contributed by atoms with Gasteiger partial charge in [0.2, 0.25) is 0 Å². The zero-order chi connectivity index (χ0) is 9.82. The Morgan fingerprint density at radius 2 is 1.50 bits per heavy atom. The maximum Gasteiger partial charge on any atom is 0.417 e. The molecule has 12 heavy (non-hydrogen) atoms. The zero-order valence-corrected chi connectivity index (χ0v) is 7.68. The summed E-state index contributed by atoms with van der Waals surface area (Å²) in [6.45, 7) is 0. The number of phenols is 1. The van der Waals surface area contributed by atoms with Crippen molar-refractivity contribution in [3.05, 3.63) is 30.3 Å². The van der Waals surface area contributed by atoms with Crippen molar-refractivity contribution in [2.75, 3.05) is 0 Å². The van der Waals surface area contributed by atoms with E-state index in [1.165, 1.54) is 0 Å². The second-order valence-electron chi connectivity index (χ2n) is 1.40. The molecule has 6 heteroatoms. The van der Waals surface area contributed by atoms with E-state index in [0.29, 0.717) is 5.75 Å². The summed E-state index contributed by atoms with van der Waals surface area (Å²) in [5.41, 5.74) is 0. The van der Waals surface area contributed by atoms with Gasteiger partial charge >= 0.3 is 15.5 Å². The van der Waals surface area contributed by atoms with Gasteiger partial charge in [0.15, 0.2) is 0 Å². The van der Waals surface area contributed by atoms with Crippen LogP contribution in [0, 0.1) is 15.5 Å². The van der Waals surface area contributed by atoms with Gasteiger partial charge in [-0.05, 0) is 12.1 Å². The Morgan fingerprint density at radius 1 is 1.17 bits per heavy atom. The summed E-state index contributed by atoms with van der Waals surface area (Å²) in [4.78, 5) is 0. The van der Waals surface area contributed by atoms with E-state index in [0.717, 1.165) is 0 Å². The second-order valence-corrected chi connectivity index (χ2v) is 1.69. The first-order valence-electron chi connectivity index (χ1n) is 2.72. The first kappa shape index (κ1) is 13.9. The standard InChI is InChI=1S/C6H6O.BrHO2.H3NO/c7-6-4-2-1-3-5-6;2-1-3;1-2/h1-5,7H;2H;2H,1H2. The lowest BCUT2D eigenvalue weighted by atomic mass is 10.3. The van der Waals surface area contributed by atoms with Crippen molar-refractivity contribution in [3.63, 3.8) is 0 Å². The van der Waals surface area contributed by atoms with Crippen LogP contribution in [0.4, 0.5) is 0 Å². The maximum atomic E-state index is 8.63. The van der Waals surface area contributed by atoms with Crippen LogP contribution in [0.25, 0.3) is 0 Å². The van der Waals surface area contributed by atoms with E-state index in [2.05, 4.69) is 5.90 Å². The molecule has 5 nitrogen and oxygen atoms in total. The first-order chi connectivity index (χ1) is 5.81. The number of phenolic OH excluding ortho intramolecular Hbond substituents is 1. The molecule has 0 saturated carbocycles. The highest BCUT2D eigenvalue weighted by molar-refractivity contribution is 5.18. The van der Waals surface area contributed by atoms with E-state index < -0.39 is 15.5 Å². The summed E-state index contributed by atoms with van der Waals surface area (Å²) in [5, 5.41) is 15.1. The highest BCUT2D eigenvalue weighted by Crippen LogP contribution is 2.02. The molecular weight excluding hydrogens is 230 g/mol. The van der Waals surface area contributed by atoms with E-state index in [1.54, 1.807) is 24.3 Å². The summed E-state index contributed by atoms with van der Waals surface area (Å²) in [5.74, 6) is 3.82. The molecule has 0 aliphatic heterocycles. The summed E-state index contributed by atoms with van der Waals surface area (Å²) in [6, 6.07) is 8.71. The van der Waals surface area contributed by atoms with Crippen molar-refractivity contribution in [1.29, 1.82) is 0 Å². The fourth-order valence-corrected chi connectivity index (χ4v) is 0.428. The van der Waals surface area contributed by atoms with Crippen LogP contribution in [0.2, 0.25) is 0 Å². The number of hydrogen-bond donors (Lipinski definition) is 4. The van der Waals surface area contributed by atoms with Crippen molar-refractivity contribution in [2.24, 2.45) is 5.90 Å². The van der Waals surface area contributed by atoms with Crippen LogP contribution >= 0.6 is 0 Å². The Bertz CT molecular complexity index is 161. The Morgan fingerprint density at radius 3 is 1.67 bits per heavy atom. The van der Waals surface area contributed by atoms with Gasteiger partial charge in [0.05, 0.1) is 0 Å². The Balaban J connectivity index is 0. The van der Waals surface area contributed by atoms with E-state index in [9.17, 15) is 0 Å². The molecule has 0 atom stereocenters. The number of hydrogen-bond acceptors (Lipinski definition) is 5. The normalized spacial score (nSPS) is 7.00. The number of benzene rings is 1. The molecule has 5 N–H and O–H groups in total. The van der Waals surface area contributed by atoms with Gasteiger partial charge in [-0.2, -0.15) is 4.20 Å². The fraction of sp³-hybridized carbons (Fsp3) is 0. The molecule has 0 aliphatic carbocycles. The molecule has 70 valence electrons. The van der Waals surface area contributed by atoms with Crippen molar-refractivity contribution in [1.82, 2.24) is 0 Å². The molecule has 1 aromatic carbocycles. The average molecular weight is 240 g/mol. The summed E-state index contributed by atoms with van der Waals surface area (Å²) in [6.07, 6.45) is 0. The molecule has 1 rings (SSSR count). The van der Waals surface area contributed by atoms with Crippen LogP contribution in [0.15, 0.2) is 30.3 Å². The van der Waals surface area contributed by atoms with Crippen LogP contribution in [0.3, 0.4) is 0 Å². The zero-order valence-electron chi connectivity index (χ0n) is 6.09. The summed E-state index contributed by atoms with van der Waals surface area (Å²) in [7, 11) is 0. The summed E-state index contributed by atoms with van der Waals surface area (Å²) >= 11 is -1.19. The lowest BCUT2D eigenvalue weighted by Crippen LogP contribution is -1.94. The predicted octanol–water partition coefficient (Wildman–Crippen LogP) is -1.02. The minimum absolute atomic E-state index is 0.322. The van der Waals surface area contributed by atoms with E-state index >= 15 is 0 Å². The number of nitrogens with two attached hydrogens (primary N) is 1. The number of rotatable bonds is 0. The van der Waals surface area contributed by atoms with Crippen molar-refractivity contribution >= 4 is 0 Å². The van der Waals surface area contributed by atoms with Gasteiger partial charge in [-0.3, -0.25) is 0 Å². The molecule has 0 saturated heterocycles. The van der Waals surface area contributed by atoms with Gasteiger partial charge in [-0.1, -0.05) is 18.2 Å². The molecule has 0 radical (unpaired) electrons. The maximum absolute atomic E-state index is 8.63. The van der Waals surface area contributed by atoms with Gasteiger partial charge in [-0.15, -0.1) is 0 Å². The fourth-order valence-electron chi connectivity index (χ4n) is 0.428. The third-order valence-electron chi connectivity index (χ3n) is 0.756. The first-order valence-corrected chi connectivity index (χ1v) is 4.07. The van der Waals surface area contributed by atoms with E-state index in [1.807, 2.05) is 6.07 Å². The Hall–Kier alpha value is -0.660. The molecule has 0 heterocycles. The summed E-state index contributed by atoms with van der Waals surface area (Å²) < 4.78 is 15.6. The molecule has 0 fully saturated rings. The lowest BCUT2D eigenvalue weighted by Gasteiger charge is -1.82. The van der Waals surface area contributed by atoms with Gasteiger partial charge in [0.25, 0.3) is 0 Å². The van der Waals surface area contributed by atoms with Crippen LogP contribution in [0.5, 0.6) is 5.75 Å². The van der Waals surface area contributed by atoms with E-state index in [-0.39, 0.29) is 0 Å². The minimum Gasteiger partial charge on any atom is -0.551 e. The minimum atomic E-state index is -1.19. The predicted molar refractivity (Wildman–Crippen MR) is 36.3 cm³/mol. The van der Waals surface area contributed by atoms with Crippen LogP contribution < -0.4 is 10.1 Å². The highest BCUT2D eigenvalue weighted by Gasteiger charge is 1.74. The molecule has 1 aromatic rings. The van der Waals surface area contributed by atoms with Crippen LogP contribution in [0.1, 0.15) is 0 Å². The molecule has 0 bridgehead atoms. The van der Waals surface area contributed by atoms with Gasteiger partial charge in [0, 0.05) is 0 Å². The van der Waals surface area contributed by atoms with Crippen molar-refractivity contribution < 1.29 is 34.2 Å². The Kier molecular flexibility index (Phi) is 15.0. The van der Waals surface area contributed by atoms with Gasteiger partial charge in [-0.25, -0.2) is 5.90 Å². The molecule has 0 aromatic heterocycles. The molecule has 0 spiro atoms. The van der Waals surface area contributed by atoms with Crippen molar-refractivity contribution in [3.8, 4) is 5.75 Å². The number of para-hydroxylation sites is 1. The third kappa shape index (κ3) is 12.1. The molecule has 0 amide bonds. The second kappa shape index (κ2) is 13.0. The third-order valence-corrected chi connectivity index (χ3v) is 0.756. The SMILES string of the molecule is NO.Oc1ccccc1.[O-][Br+]O. The monoisotopic (exact) mass is 239 g/mol. The number of aromatic hydroxyl groups is 1. The van der Waals surface area contributed by atoms with E-state index in [4.69, 9.17) is 18.7 Å².